The molecule has 0 aromatic heterocycles. The normalized spacial score (nSPS) is 10.8. The van der Waals surface area contributed by atoms with Crippen LogP contribution in [-0.4, -0.2) is 25.6 Å². The Labute approximate surface area is 160 Å². The molecular formula is C22H25N3O2. The zero-order chi connectivity index (χ0) is 19.6. The lowest BCUT2D eigenvalue weighted by molar-refractivity contribution is -0.112. The molecule has 1 amide bonds. The van der Waals surface area contributed by atoms with Gasteiger partial charge in [0.05, 0.1) is 6.61 Å². The molecule has 5 heteroatoms. The molecule has 0 radical (unpaired) electrons. The average Bonchev–Trinajstić information content (AvgIpc) is 2.69. The Morgan fingerprint density at radius 1 is 1.07 bits per heavy atom. The molecule has 0 spiro atoms. The highest BCUT2D eigenvalue weighted by molar-refractivity contribution is 6.09. The second-order valence-corrected chi connectivity index (χ2v) is 5.85. The lowest BCUT2D eigenvalue weighted by atomic mass is 10.1. The van der Waals surface area contributed by atoms with Gasteiger partial charge in [-0.05, 0) is 68.8 Å². The van der Waals surface area contributed by atoms with Crippen LogP contribution in [0.15, 0.2) is 54.1 Å². The first-order valence-electron chi connectivity index (χ1n) is 9.12. The highest BCUT2D eigenvalue weighted by Gasteiger charge is 2.10. The Hall–Kier alpha value is -3.26. The second-order valence-electron chi connectivity index (χ2n) is 5.85. The van der Waals surface area contributed by atoms with E-state index in [0.29, 0.717) is 12.3 Å². The lowest BCUT2D eigenvalue weighted by Crippen LogP contribution is -2.21. The number of nitriles is 1. The maximum Gasteiger partial charge on any atom is 0.266 e. The van der Waals surface area contributed by atoms with Crippen LogP contribution in [0.4, 0.5) is 11.4 Å². The first-order valence-corrected chi connectivity index (χ1v) is 9.12. The summed E-state index contributed by atoms with van der Waals surface area (Å²) in [6.07, 6.45) is 1.56. The maximum atomic E-state index is 12.4. The summed E-state index contributed by atoms with van der Waals surface area (Å²) in [5, 5.41) is 12.1. The van der Waals surface area contributed by atoms with Crippen molar-refractivity contribution in [3.63, 3.8) is 0 Å². The summed E-state index contributed by atoms with van der Waals surface area (Å²) in [5.41, 5.74) is 2.57. The highest BCUT2D eigenvalue weighted by Crippen LogP contribution is 2.19. The van der Waals surface area contributed by atoms with Crippen molar-refractivity contribution in [3.05, 3.63) is 59.7 Å². The SMILES string of the molecule is CCOc1ccc(/C=C(\C#N)C(=O)Nc2ccc(N(CC)CC)cc2)cc1. The topological polar surface area (TPSA) is 65.4 Å². The van der Waals surface area contributed by atoms with Gasteiger partial charge < -0.3 is 15.0 Å². The molecule has 1 N–H and O–H groups in total. The lowest BCUT2D eigenvalue weighted by Gasteiger charge is -2.21. The largest absolute Gasteiger partial charge is 0.494 e. The highest BCUT2D eigenvalue weighted by atomic mass is 16.5. The van der Waals surface area contributed by atoms with E-state index in [0.717, 1.165) is 30.1 Å². The summed E-state index contributed by atoms with van der Waals surface area (Å²) in [5.74, 6) is 0.327. The minimum Gasteiger partial charge on any atom is -0.494 e. The van der Waals surface area contributed by atoms with E-state index in [4.69, 9.17) is 4.74 Å². The monoisotopic (exact) mass is 363 g/mol. The summed E-state index contributed by atoms with van der Waals surface area (Å²) in [7, 11) is 0. The van der Waals surface area contributed by atoms with Gasteiger partial charge in [0, 0.05) is 24.5 Å². The molecule has 2 rings (SSSR count). The van der Waals surface area contributed by atoms with Crippen LogP contribution in [0.2, 0.25) is 0 Å². The number of anilines is 2. The Morgan fingerprint density at radius 2 is 1.70 bits per heavy atom. The van der Waals surface area contributed by atoms with Crippen LogP contribution in [0.5, 0.6) is 5.75 Å². The van der Waals surface area contributed by atoms with Gasteiger partial charge in [-0.15, -0.1) is 0 Å². The molecule has 0 saturated heterocycles. The molecule has 0 unspecified atom stereocenters. The number of rotatable bonds is 8. The van der Waals surface area contributed by atoms with Gasteiger partial charge in [0.15, 0.2) is 0 Å². The van der Waals surface area contributed by atoms with Gasteiger partial charge in [0.25, 0.3) is 5.91 Å². The number of ether oxygens (including phenoxy) is 1. The molecule has 0 atom stereocenters. The number of benzene rings is 2. The van der Waals surface area contributed by atoms with Crippen molar-refractivity contribution in [3.8, 4) is 11.8 Å². The number of nitrogens with one attached hydrogen (secondary N) is 1. The Bertz CT molecular complexity index is 814. The van der Waals surface area contributed by atoms with E-state index in [1.807, 2.05) is 61.5 Å². The van der Waals surface area contributed by atoms with E-state index in [-0.39, 0.29) is 5.57 Å². The Morgan fingerprint density at radius 3 is 2.22 bits per heavy atom. The van der Waals surface area contributed by atoms with Crippen LogP contribution >= 0.6 is 0 Å². The molecule has 0 aliphatic carbocycles. The predicted octanol–water partition coefficient (Wildman–Crippen LogP) is 4.48. The fourth-order valence-electron chi connectivity index (χ4n) is 2.68. The van der Waals surface area contributed by atoms with E-state index in [1.54, 1.807) is 6.08 Å². The van der Waals surface area contributed by atoms with Crippen molar-refractivity contribution in [1.29, 1.82) is 5.26 Å². The zero-order valence-corrected chi connectivity index (χ0v) is 16.0. The number of carbonyl (C=O) groups is 1. The summed E-state index contributed by atoms with van der Waals surface area (Å²) >= 11 is 0. The molecule has 27 heavy (non-hydrogen) atoms. The molecule has 0 fully saturated rings. The van der Waals surface area contributed by atoms with Gasteiger partial charge in [-0.2, -0.15) is 5.26 Å². The standard InChI is InChI=1S/C22H25N3O2/c1-4-25(5-2)20-11-9-19(10-12-20)24-22(26)18(16-23)15-17-7-13-21(14-8-17)27-6-3/h7-15H,4-6H2,1-3H3,(H,24,26)/b18-15+. The maximum absolute atomic E-state index is 12.4. The van der Waals surface area contributed by atoms with Gasteiger partial charge in [-0.25, -0.2) is 0 Å². The molecule has 2 aromatic carbocycles. The first-order chi connectivity index (χ1) is 13.1. The average molecular weight is 363 g/mol. The van der Waals surface area contributed by atoms with Crippen molar-refractivity contribution in [1.82, 2.24) is 0 Å². The number of hydrogen-bond donors (Lipinski definition) is 1. The van der Waals surface area contributed by atoms with Crippen molar-refractivity contribution in [2.24, 2.45) is 0 Å². The molecule has 0 saturated carbocycles. The minimum atomic E-state index is -0.429. The fourth-order valence-corrected chi connectivity index (χ4v) is 2.68. The minimum absolute atomic E-state index is 0.0481. The molecule has 0 aliphatic heterocycles. The predicted molar refractivity (Wildman–Crippen MR) is 110 cm³/mol. The quantitative estimate of drug-likeness (QED) is 0.555. The molecule has 5 nitrogen and oxygen atoms in total. The number of hydrogen-bond acceptors (Lipinski definition) is 4. The molecule has 0 bridgehead atoms. The molecule has 2 aromatic rings. The third-order valence-electron chi connectivity index (χ3n) is 4.12. The first kappa shape index (κ1) is 20.1. The third kappa shape index (κ3) is 5.61. The van der Waals surface area contributed by atoms with Crippen LogP contribution in [0.1, 0.15) is 26.3 Å². The van der Waals surface area contributed by atoms with Crippen LogP contribution in [0.3, 0.4) is 0 Å². The molecular weight excluding hydrogens is 338 g/mol. The molecule has 0 aliphatic rings. The zero-order valence-electron chi connectivity index (χ0n) is 16.0. The van der Waals surface area contributed by atoms with E-state index < -0.39 is 5.91 Å². The van der Waals surface area contributed by atoms with Crippen molar-refractivity contribution >= 4 is 23.4 Å². The van der Waals surface area contributed by atoms with Crippen molar-refractivity contribution in [2.45, 2.75) is 20.8 Å². The van der Waals surface area contributed by atoms with Crippen LogP contribution < -0.4 is 15.0 Å². The number of carbonyl (C=O) groups excluding carboxylic acids is 1. The van der Waals surface area contributed by atoms with E-state index in [2.05, 4.69) is 24.1 Å². The van der Waals surface area contributed by atoms with Gasteiger partial charge in [-0.3, -0.25) is 4.79 Å². The van der Waals surface area contributed by atoms with Crippen LogP contribution in [-0.2, 0) is 4.79 Å². The number of amides is 1. The van der Waals surface area contributed by atoms with E-state index in [9.17, 15) is 10.1 Å². The van der Waals surface area contributed by atoms with Gasteiger partial charge >= 0.3 is 0 Å². The summed E-state index contributed by atoms with van der Waals surface area (Å²) < 4.78 is 5.39. The summed E-state index contributed by atoms with van der Waals surface area (Å²) in [4.78, 5) is 14.6. The van der Waals surface area contributed by atoms with Crippen molar-refractivity contribution < 1.29 is 9.53 Å². The molecule has 0 heterocycles. The van der Waals surface area contributed by atoms with Crippen molar-refractivity contribution in [2.75, 3.05) is 29.9 Å². The van der Waals surface area contributed by atoms with Crippen LogP contribution in [0.25, 0.3) is 6.08 Å². The molecule has 140 valence electrons. The fraction of sp³-hybridized carbons (Fsp3) is 0.273. The van der Waals surface area contributed by atoms with Crippen LogP contribution in [0, 0.1) is 11.3 Å². The van der Waals surface area contributed by atoms with Gasteiger partial charge in [-0.1, -0.05) is 12.1 Å². The summed E-state index contributed by atoms with van der Waals surface area (Å²) in [6.45, 7) is 8.56. The smallest absolute Gasteiger partial charge is 0.266 e. The van der Waals surface area contributed by atoms with E-state index >= 15 is 0 Å². The third-order valence-corrected chi connectivity index (χ3v) is 4.12. The Balaban J connectivity index is 2.09. The second kappa shape index (κ2) is 10.0. The number of nitrogens with zero attached hydrogens (tertiary/aromatic N) is 2. The van der Waals surface area contributed by atoms with E-state index in [1.165, 1.54) is 0 Å². The Kier molecular flexibility index (Phi) is 7.45. The van der Waals surface area contributed by atoms with Gasteiger partial charge in [0.2, 0.25) is 0 Å². The summed E-state index contributed by atoms with van der Waals surface area (Å²) in [6, 6.07) is 16.8. The van der Waals surface area contributed by atoms with Gasteiger partial charge in [0.1, 0.15) is 17.4 Å².